The van der Waals surface area contributed by atoms with Gasteiger partial charge in [-0.2, -0.15) is 18.2 Å². The van der Waals surface area contributed by atoms with Crippen molar-refractivity contribution in [1.82, 2.24) is 25.0 Å². The van der Waals surface area contributed by atoms with Gasteiger partial charge in [0.2, 0.25) is 11.7 Å². The van der Waals surface area contributed by atoms with Gasteiger partial charge in [0.25, 0.3) is 0 Å². The van der Waals surface area contributed by atoms with Crippen molar-refractivity contribution in [2.45, 2.75) is 38.4 Å². The summed E-state index contributed by atoms with van der Waals surface area (Å²) < 4.78 is 45.3. The molecule has 0 amide bonds. The lowest BCUT2D eigenvalue weighted by Gasteiger charge is -2.31. The number of rotatable bonds is 2. The Morgan fingerprint density at radius 3 is 2.57 bits per heavy atom. The number of nitrogens with one attached hydrogen (secondary N) is 1. The number of likely N-dealkylation sites (tertiary alicyclic amines) is 1. The van der Waals surface area contributed by atoms with E-state index in [1.807, 2.05) is 20.8 Å². The fraction of sp³-hybridized carbons (Fsp3) is 0.643. The molecule has 0 saturated carbocycles. The third-order valence-corrected chi connectivity index (χ3v) is 4.16. The third kappa shape index (κ3) is 3.10. The second-order valence-corrected chi connectivity index (χ2v) is 6.72. The van der Waals surface area contributed by atoms with Crippen LogP contribution < -0.4 is 0 Å². The fourth-order valence-corrected chi connectivity index (χ4v) is 2.80. The first kappa shape index (κ1) is 16.0. The van der Waals surface area contributed by atoms with Crippen LogP contribution in [0.15, 0.2) is 16.9 Å². The van der Waals surface area contributed by atoms with Crippen LogP contribution in [0.4, 0.5) is 13.2 Å². The topological polar surface area (TPSA) is 70.8 Å². The first-order valence-electron chi connectivity index (χ1n) is 7.31. The van der Waals surface area contributed by atoms with E-state index < -0.39 is 18.0 Å². The third-order valence-electron chi connectivity index (χ3n) is 4.16. The molecular formula is C14H18F3N5O. The molecule has 1 aliphatic rings. The number of halogens is 3. The predicted molar refractivity (Wildman–Crippen MR) is 75.5 cm³/mol. The number of aromatic amines is 1. The summed E-state index contributed by atoms with van der Waals surface area (Å²) in [5, 5.41) is 3.74. The van der Waals surface area contributed by atoms with E-state index in [0.717, 1.165) is 0 Å². The van der Waals surface area contributed by atoms with E-state index in [-0.39, 0.29) is 30.3 Å². The zero-order valence-corrected chi connectivity index (χ0v) is 13.1. The zero-order chi connectivity index (χ0) is 16.8. The fourth-order valence-electron chi connectivity index (χ4n) is 2.80. The van der Waals surface area contributed by atoms with Crippen LogP contribution in [0.3, 0.4) is 0 Å². The van der Waals surface area contributed by atoms with Gasteiger partial charge >= 0.3 is 6.18 Å². The van der Waals surface area contributed by atoms with Crippen LogP contribution in [0.25, 0.3) is 11.6 Å². The lowest BCUT2D eigenvalue weighted by atomic mass is 9.95. The van der Waals surface area contributed by atoms with Crippen LogP contribution in [0.5, 0.6) is 0 Å². The number of hydrogen-bond acceptors (Lipinski definition) is 5. The van der Waals surface area contributed by atoms with Crippen LogP contribution >= 0.6 is 0 Å². The minimum atomic E-state index is -4.32. The number of nitrogens with zero attached hydrogens (tertiary/aromatic N) is 4. The van der Waals surface area contributed by atoms with Crippen LogP contribution in [0, 0.1) is 5.92 Å². The summed E-state index contributed by atoms with van der Waals surface area (Å²) in [5.74, 6) is -1.85. The molecule has 6 nitrogen and oxygen atoms in total. The van der Waals surface area contributed by atoms with E-state index in [9.17, 15) is 13.2 Å². The van der Waals surface area contributed by atoms with Gasteiger partial charge in [0.15, 0.2) is 5.82 Å². The highest BCUT2D eigenvalue weighted by atomic mass is 19.4. The van der Waals surface area contributed by atoms with Gasteiger partial charge in [-0.15, -0.1) is 0 Å². The second-order valence-electron chi connectivity index (χ2n) is 6.72. The molecule has 1 fully saturated rings. The lowest BCUT2D eigenvalue weighted by molar-refractivity contribution is -0.176. The number of hydrogen-bond donors (Lipinski definition) is 1. The average Bonchev–Trinajstić information content (AvgIpc) is 3.16. The second kappa shape index (κ2) is 5.33. The molecule has 126 valence electrons. The number of H-pyrrole nitrogens is 1. The van der Waals surface area contributed by atoms with Gasteiger partial charge in [0.05, 0.1) is 11.8 Å². The maximum Gasteiger partial charge on any atom is 0.393 e. The summed E-state index contributed by atoms with van der Waals surface area (Å²) in [5.41, 5.74) is -0.359. The van der Waals surface area contributed by atoms with E-state index >= 15 is 0 Å². The Morgan fingerprint density at radius 1 is 1.26 bits per heavy atom. The molecule has 23 heavy (non-hydrogen) atoms. The molecule has 2 aromatic heterocycles. The Labute approximate surface area is 131 Å². The quantitative estimate of drug-likeness (QED) is 0.917. The van der Waals surface area contributed by atoms with Crippen molar-refractivity contribution < 1.29 is 17.7 Å². The van der Waals surface area contributed by atoms with Gasteiger partial charge in [-0.05, 0) is 20.8 Å². The van der Waals surface area contributed by atoms with Crippen molar-refractivity contribution >= 4 is 0 Å². The van der Waals surface area contributed by atoms with Crippen molar-refractivity contribution in [3.05, 3.63) is 18.3 Å². The molecule has 3 heterocycles. The van der Waals surface area contributed by atoms with Crippen LogP contribution in [0.1, 0.15) is 32.6 Å². The van der Waals surface area contributed by atoms with Gasteiger partial charge in [0.1, 0.15) is 0 Å². The summed E-state index contributed by atoms with van der Waals surface area (Å²) in [4.78, 5) is 12.7. The number of aromatic nitrogens is 4. The summed E-state index contributed by atoms with van der Waals surface area (Å²) in [7, 11) is 0. The maximum atomic E-state index is 13.4. The SMILES string of the molecule is CC(C)(C)N1C[C@@H](C(F)(F)F)[C@H](c2nc(-c3ncc[nH]3)no2)C1. The summed E-state index contributed by atoms with van der Waals surface area (Å²) in [6.07, 6.45) is -1.22. The standard InChI is InChI=1S/C14H18F3N5O/c1-13(2,3)22-6-8(9(7-22)14(15,16)17)12-20-11(21-23-12)10-18-4-5-19-10/h4-5,8-9H,6-7H2,1-3H3,(H,18,19)/t8-,9-/m1/s1. The van der Waals surface area contributed by atoms with Crippen LogP contribution in [-0.2, 0) is 0 Å². The molecule has 0 spiro atoms. The molecule has 0 aliphatic carbocycles. The molecular weight excluding hydrogens is 311 g/mol. The van der Waals surface area contributed by atoms with E-state index in [2.05, 4.69) is 20.1 Å². The minimum Gasteiger partial charge on any atom is -0.342 e. The predicted octanol–water partition coefficient (Wildman–Crippen LogP) is 2.84. The van der Waals surface area contributed by atoms with Crippen LogP contribution in [0.2, 0.25) is 0 Å². The zero-order valence-electron chi connectivity index (χ0n) is 13.1. The minimum absolute atomic E-state index is 0.00507. The van der Waals surface area contributed by atoms with E-state index in [1.54, 1.807) is 11.1 Å². The van der Waals surface area contributed by atoms with Gasteiger partial charge < -0.3 is 9.51 Å². The van der Waals surface area contributed by atoms with Crippen molar-refractivity contribution in [2.24, 2.45) is 5.92 Å². The summed E-state index contributed by atoms with van der Waals surface area (Å²) >= 11 is 0. The number of alkyl halides is 3. The Kier molecular flexibility index (Phi) is 3.70. The van der Waals surface area contributed by atoms with Crippen molar-refractivity contribution in [3.63, 3.8) is 0 Å². The van der Waals surface area contributed by atoms with Crippen molar-refractivity contribution in [1.29, 1.82) is 0 Å². The Balaban J connectivity index is 1.90. The first-order chi connectivity index (χ1) is 10.7. The molecule has 0 unspecified atom stereocenters. The molecule has 1 aliphatic heterocycles. The number of imidazole rings is 1. The van der Waals surface area contributed by atoms with E-state index in [0.29, 0.717) is 5.82 Å². The maximum absolute atomic E-state index is 13.4. The Morgan fingerprint density at radius 2 is 2.00 bits per heavy atom. The molecule has 2 aromatic rings. The van der Waals surface area contributed by atoms with Crippen LogP contribution in [-0.4, -0.2) is 49.8 Å². The van der Waals surface area contributed by atoms with Gasteiger partial charge in [0, 0.05) is 31.0 Å². The van der Waals surface area contributed by atoms with Gasteiger partial charge in [-0.25, -0.2) is 4.98 Å². The Hall–Kier alpha value is -1.90. The normalized spacial score (nSPS) is 23.6. The van der Waals surface area contributed by atoms with Crippen molar-refractivity contribution in [3.8, 4) is 11.6 Å². The molecule has 9 heteroatoms. The van der Waals surface area contributed by atoms with E-state index in [4.69, 9.17) is 4.52 Å². The monoisotopic (exact) mass is 329 g/mol. The van der Waals surface area contributed by atoms with Crippen molar-refractivity contribution in [2.75, 3.05) is 13.1 Å². The highest BCUT2D eigenvalue weighted by Crippen LogP contribution is 2.44. The molecule has 0 bridgehead atoms. The molecule has 3 rings (SSSR count). The molecule has 1 N–H and O–H groups in total. The Bertz CT molecular complexity index is 659. The average molecular weight is 329 g/mol. The smallest absolute Gasteiger partial charge is 0.342 e. The van der Waals surface area contributed by atoms with E-state index in [1.165, 1.54) is 6.20 Å². The van der Waals surface area contributed by atoms with Gasteiger partial charge in [-0.3, -0.25) is 4.90 Å². The first-order valence-corrected chi connectivity index (χ1v) is 7.31. The highest BCUT2D eigenvalue weighted by Gasteiger charge is 2.53. The molecule has 2 atom stereocenters. The molecule has 1 saturated heterocycles. The summed E-state index contributed by atoms with van der Waals surface area (Å²) in [6, 6.07) is 0. The largest absolute Gasteiger partial charge is 0.393 e. The lowest BCUT2D eigenvalue weighted by Crippen LogP contribution is -2.40. The van der Waals surface area contributed by atoms with Gasteiger partial charge in [-0.1, -0.05) is 5.16 Å². The molecule has 0 aromatic carbocycles. The summed E-state index contributed by atoms with van der Waals surface area (Å²) in [6.45, 7) is 5.84. The highest BCUT2D eigenvalue weighted by molar-refractivity contribution is 5.41. The molecule has 0 radical (unpaired) electrons.